The van der Waals surface area contributed by atoms with Crippen molar-refractivity contribution in [3.63, 3.8) is 0 Å². The van der Waals surface area contributed by atoms with Crippen molar-refractivity contribution in [3.05, 3.63) is 35.9 Å². The van der Waals surface area contributed by atoms with Crippen molar-refractivity contribution in [2.45, 2.75) is 12.7 Å². The van der Waals surface area contributed by atoms with Crippen LogP contribution < -0.4 is 5.32 Å². The maximum absolute atomic E-state index is 8.66. The van der Waals surface area contributed by atoms with E-state index in [9.17, 15) is 0 Å². The normalized spacial score (nSPS) is 9.64. The van der Waals surface area contributed by atoms with Crippen molar-refractivity contribution < 1.29 is 15.0 Å². The van der Waals surface area contributed by atoms with Gasteiger partial charge in [-0.1, -0.05) is 18.2 Å². The topological polar surface area (TPSA) is 88.9 Å². The van der Waals surface area contributed by atoms with Crippen LogP contribution in [0.15, 0.2) is 30.3 Å². The minimum atomic E-state index is -1.53. The van der Waals surface area contributed by atoms with Crippen LogP contribution in [0.25, 0.3) is 5.53 Å². The summed E-state index contributed by atoms with van der Waals surface area (Å²) >= 11 is 0. The molecular formula is C9H11N3O2. The van der Waals surface area contributed by atoms with Gasteiger partial charge in [-0.3, -0.25) is 0 Å². The van der Waals surface area contributed by atoms with Gasteiger partial charge in [-0.15, -0.1) is 0 Å². The van der Waals surface area contributed by atoms with E-state index in [1.165, 1.54) is 0 Å². The molecule has 1 aromatic rings. The molecule has 0 bridgehead atoms. The zero-order chi connectivity index (χ0) is 10.4. The Balaban J connectivity index is 2.63. The largest absolute Gasteiger partial charge is 0.498 e. The Morgan fingerprint density at radius 1 is 1.36 bits per heavy atom. The van der Waals surface area contributed by atoms with Gasteiger partial charge in [0, 0.05) is 0 Å². The molecule has 3 N–H and O–H groups in total. The molecule has 0 saturated carbocycles. The van der Waals surface area contributed by atoms with E-state index in [-0.39, 0.29) is 12.3 Å². The molecule has 14 heavy (non-hydrogen) atoms. The first-order valence-electron chi connectivity index (χ1n) is 4.11. The predicted molar refractivity (Wildman–Crippen MR) is 51.5 cm³/mol. The first-order valence-corrected chi connectivity index (χ1v) is 4.11. The minimum Gasteiger partial charge on any atom is -0.498 e. The van der Waals surface area contributed by atoms with Gasteiger partial charge in [0.2, 0.25) is 0 Å². The van der Waals surface area contributed by atoms with Gasteiger partial charge in [-0.05, 0) is 12.1 Å². The second-order valence-electron chi connectivity index (χ2n) is 2.72. The van der Waals surface area contributed by atoms with Crippen LogP contribution in [0, 0.1) is 0 Å². The van der Waals surface area contributed by atoms with Gasteiger partial charge < -0.3 is 20.5 Å². The fraction of sp³-hybridized carbons (Fsp3) is 0.222. The fourth-order valence-corrected chi connectivity index (χ4v) is 0.978. The van der Waals surface area contributed by atoms with Crippen LogP contribution in [-0.4, -0.2) is 27.1 Å². The summed E-state index contributed by atoms with van der Waals surface area (Å²) in [6.45, 7) is 0. The van der Waals surface area contributed by atoms with E-state index >= 15 is 0 Å². The van der Waals surface area contributed by atoms with E-state index < -0.39 is 6.29 Å². The van der Waals surface area contributed by atoms with Crippen molar-refractivity contribution in [2.24, 2.45) is 0 Å². The summed E-state index contributed by atoms with van der Waals surface area (Å²) in [6.07, 6.45) is -1.68. The van der Waals surface area contributed by atoms with Gasteiger partial charge in [0.15, 0.2) is 6.29 Å². The lowest BCUT2D eigenvalue weighted by atomic mass is 10.3. The van der Waals surface area contributed by atoms with E-state index in [0.717, 1.165) is 5.69 Å². The Hall–Kier alpha value is -1.68. The molecular weight excluding hydrogens is 182 g/mol. The smallest absolute Gasteiger partial charge is 0.337 e. The monoisotopic (exact) mass is 193 g/mol. The molecule has 5 nitrogen and oxygen atoms in total. The number of para-hydroxylation sites is 1. The van der Waals surface area contributed by atoms with Crippen LogP contribution in [0.3, 0.4) is 0 Å². The van der Waals surface area contributed by atoms with Crippen molar-refractivity contribution in [3.8, 4) is 0 Å². The number of nitrogens with zero attached hydrogens (tertiary/aromatic N) is 2. The SMILES string of the molecule is [N-]=[N+]=C(CC(O)O)Nc1ccccc1. The maximum Gasteiger partial charge on any atom is 0.337 e. The number of rotatable bonds is 3. The summed E-state index contributed by atoms with van der Waals surface area (Å²) in [6, 6.07) is 9.02. The van der Waals surface area contributed by atoms with Gasteiger partial charge >= 0.3 is 5.84 Å². The number of aliphatic hydroxyl groups excluding tert-OH is 1. The Kier molecular flexibility index (Phi) is 3.82. The number of amidine groups is 1. The van der Waals surface area contributed by atoms with E-state index in [0.29, 0.717) is 0 Å². The quantitative estimate of drug-likeness (QED) is 0.214. The van der Waals surface area contributed by atoms with Crippen molar-refractivity contribution in [1.29, 1.82) is 0 Å². The highest BCUT2D eigenvalue weighted by molar-refractivity contribution is 5.91. The average Bonchev–Trinajstić information content (AvgIpc) is 2.17. The number of nitrogens with one attached hydrogen (secondary N) is 1. The zero-order valence-electron chi connectivity index (χ0n) is 7.46. The fourth-order valence-electron chi connectivity index (χ4n) is 0.978. The molecule has 1 rings (SSSR count). The standard InChI is InChI=1S/C9H11N3O2/c10-12-8(6-9(13)14)11-7-4-2-1-3-5-7/h1-5,9,11,13-14H,6H2. The van der Waals surface area contributed by atoms with Gasteiger partial charge in [-0.25, -0.2) is 5.32 Å². The summed E-state index contributed by atoms with van der Waals surface area (Å²) in [5.41, 5.74) is 9.26. The van der Waals surface area contributed by atoms with Gasteiger partial charge in [0.25, 0.3) is 0 Å². The molecule has 0 amide bonds. The lowest BCUT2D eigenvalue weighted by Crippen LogP contribution is -2.20. The molecule has 74 valence electrons. The third-order valence-corrected chi connectivity index (χ3v) is 1.56. The number of aliphatic hydroxyl groups is 2. The summed E-state index contributed by atoms with van der Waals surface area (Å²) < 4.78 is 0. The first kappa shape index (κ1) is 10.4. The van der Waals surface area contributed by atoms with E-state index in [1.54, 1.807) is 12.1 Å². The van der Waals surface area contributed by atoms with E-state index in [2.05, 4.69) is 10.1 Å². The molecule has 0 heterocycles. The van der Waals surface area contributed by atoms with Crippen LogP contribution >= 0.6 is 0 Å². The summed E-state index contributed by atoms with van der Waals surface area (Å²) in [5.74, 6) is 0.103. The molecule has 0 aliphatic heterocycles. The van der Waals surface area contributed by atoms with Gasteiger partial charge in [0.1, 0.15) is 12.1 Å². The molecule has 0 atom stereocenters. The summed E-state index contributed by atoms with van der Waals surface area (Å²) in [4.78, 5) is 2.91. The van der Waals surface area contributed by atoms with Crippen LogP contribution in [0.1, 0.15) is 6.42 Å². The molecule has 0 aliphatic carbocycles. The molecule has 0 fully saturated rings. The third kappa shape index (κ3) is 3.37. The Morgan fingerprint density at radius 3 is 2.50 bits per heavy atom. The molecule has 1 aromatic carbocycles. The number of benzene rings is 1. The number of anilines is 1. The zero-order valence-corrected chi connectivity index (χ0v) is 7.46. The van der Waals surface area contributed by atoms with Crippen molar-refractivity contribution >= 4 is 11.5 Å². The van der Waals surface area contributed by atoms with Gasteiger partial charge in [0.05, 0.1) is 0 Å². The highest BCUT2D eigenvalue weighted by atomic mass is 16.5. The van der Waals surface area contributed by atoms with Crippen molar-refractivity contribution in [2.75, 3.05) is 5.32 Å². The molecule has 5 heteroatoms. The molecule has 0 saturated heterocycles. The highest BCUT2D eigenvalue weighted by Gasteiger charge is 2.12. The second kappa shape index (κ2) is 5.14. The van der Waals surface area contributed by atoms with Crippen LogP contribution in [0.2, 0.25) is 0 Å². The van der Waals surface area contributed by atoms with Crippen LogP contribution in [0.5, 0.6) is 0 Å². The molecule has 0 radical (unpaired) electrons. The Morgan fingerprint density at radius 2 is 2.00 bits per heavy atom. The molecule has 0 aromatic heterocycles. The second-order valence-corrected chi connectivity index (χ2v) is 2.72. The molecule has 0 unspecified atom stereocenters. The molecule has 0 aliphatic rings. The summed E-state index contributed by atoms with van der Waals surface area (Å²) in [7, 11) is 0. The average molecular weight is 193 g/mol. The van der Waals surface area contributed by atoms with Crippen molar-refractivity contribution in [1.82, 2.24) is 0 Å². The lowest BCUT2D eigenvalue weighted by molar-refractivity contribution is -0.0524. The third-order valence-electron chi connectivity index (χ3n) is 1.56. The minimum absolute atomic E-state index is 0.103. The molecule has 0 spiro atoms. The first-order chi connectivity index (χ1) is 6.72. The highest BCUT2D eigenvalue weighted by Crippen LogP contribution is 2.05. The van der Waals surface area contributed by atoms with Gasteiger partial charge in [-0.2, -0.15) is 0 Å². The number of hydrogen-bond donors (Lipinski definition) is 3. The lowest BCUT2D eigenvalue weighted by Gasteiger charge is -2.01. The van der Waals surface area contributed by atoms with Crippen LogP contribution in [0.4, 0.5) is 5.69 Å². The van der Waals surface area contributed by atoms with Crippen LogP contribution in [-0.2, 0) is 0 Å². The van der Waals surface area contributed by atoms with E-state index in [4.69, 9.17) is 15.7 Å². The number of hydrogen-bond acceptors (Lipinski definition) is 2. The maximum atomic E-state index is 8.66. The Bertz CT molecular complexity index is 331. The van der Waals surface area contributed by atoms with E-state index in [1.807, 2.05) is 18.2 Å². The Labute approximate surface area is 81.2 Å². The predicted octanol–water partition coefficient (Wildman–Crippen LogP) is 0.428. The summed E-state index contributed by atoms with van der Waals surface area (Å²) in [5, 5.41) is 20.1.